The van der Waals surface area contributed by atoms with E-state index in [0.29, 0.717) is 24.8 Å². The molecular formula is C26H22N2O5. The largest absolute Gasteiger partial charge is 0.449 e. The molecule has 0 unspecified atom stereocenters. The summed E-state index contributed by atoms with van der Waals surface area (Å²) in [5.41, 5.74) is 5.14. The number of ether oxygens (including phenoxy) is 1. The first-order valence-corrected chi connectivity index (χ1v) is 10.6. The summed E-state index contributed by atoms with van der Waals surface area (Å²) in [4.78, 5) is 33.7. The summed E-state index contributed by atoms with van der Waals surface area (Å²) in [6.07, 6.45) is 3.86. The van der Waals surface area contributed by atoms with Gasteiger partial charge in [-0.15, -0.1) is 0 Å². The molecule has 1 aliphatic rings. The number of benzene rings is 3. The molecule has 7 nitrogen and oxygen atoms in total. The summed E-state index contributed by atoms with van der Waals surface area (Å²) in [6.45, 7) is 0.568. The topological polar surface area (TPSA) is 98.5 Å². The molecule has 1 N–H and O–H groups in total. The fraction of sp³-hybridized carbons (Fsp3) is 0.154. The lowest BCUT2D eigenvalue weighted by Gasteiger charge is -2.14. The maximum atomic E-state index is 12.2. The molecule has 4 rings (SSSR count). The Bertz CT molecular complexity index is 1190. The third-order valence-electron chi connectivity index (χ3n) is 5.61. The lowest BCUT2D eigenvalue weighted by Crippen LogP contribution is -2.26. The molecule has 0 saturated heterocycles. The number of alkyl carbamates (subject to hydrolysis) is 1. The van der Waals surface area contributed by atoms with Crippen LogP contribution in [0.4, 0.5) is 10.5 Å². The molecule has 3 aromatic carbocycles. The normalized spacial score (nSPS) is 12.2. The van der Waals surface area contributed by atoms with Crippen molar-refractivity contribution < 1.29 is 19.2 Å². The van der Waals surface area contributed by atoms with Gasteiger partial charge in [0.05, 0.1) is 10.5 Å². The standard InChI is InChI=1S/C26H22N2O5/c29-16-18-12-13-19(25(15-18)28(31)32)7-5-6-14-27-26(30)33-17-24-22-10-3-1-8-20(22)21-9-2-4-11-23(21)24/h1-5,7-13,15-16,24H,6,14,17H2,(H,27,30). The molecule has 0 spiro atoms. The van der Waals surface area contributed by atoms with Crippen molar-refractivity contribution in [3.63, 3.8) is 0 Å². The van der Waals surface area contributed by atoms with Crippen molar-refractivity contribution in [1.82, 2.24) is 5.32 Å². The zero-order chi connectivity index (χ0) is 23.2. The first-order chi connectivity index (χ1) is 16.1. The molecule has 1 amide bonds. The van der Waals surface area contributed by atoms with Crippen LogP contribution in [-0.2, 0) is 4.74 Å². The minimum atomic E-state index is -0.526. The highest BCUT2D eigenvalue weighted by Crippen LogP contribution is 2.44. The Morgan fingerprint density at radius 2 is 1.70 bits per heavy atom. The van der Waals surface area contributed by atoms with E-state index in [2.05, 4.69) is 29.6 Å². The number of nitro groups is 1. The number of amides is 1. The Morgan fingerprint density at radius 1 is 1.03 bits per heavy atom. The summed E-state index contributed by atoms with van der Waals surface area (Å²) in [5.74, 6) is -0.00191. The second kappa shape index (κ2) is 9.91. The van der Waals surface area contributed by atoms with Gasteiger partial charge in [0.1, 0.15) is 12.9 Å². The van der Waals surface area contributed by atoms with Crippen LogP contribution in [-0.4, -0.2) is 30.5 Å². The monoisotopic (exact) mass is 442 g/mol. The highest BCUT2D eigenvalue weighted by atomic mass is 16.6. The van der Waals surface area contributed by atoms with Crippen LogP contribution in [0.3, 0.4) is 0 Å². The molecule has 0 saturated carbocycles. The highest BCUT2D eigenvalue weighted by molar-refractivity contribution is 5.79. The molecule has 0 aliphatic heterocycles. The van der Waals surface area contributed by atoms with Gasteiger partial charge in [-0.3, -0.25) is 14.9 Å². The van der Waals surface area contributed by atoms with Gasteiger partial charge >= 0.3 is 6.09 Å². The summed E-state index contributed by atoms with van der Waals surface area (Å²) >= 11 is 0. The van der Waals surface area contributed by atoms with E-state index in [1.807, 2.05) is 24.3 Å². The van der Waals surface area contributed by atoms with Crippen molar-refractivity contribution >= 4 is 24.1 Å². The van der Waals surface area contributed by atoms with Gasteiger partial charge in [0.15, 0.2) is 0 Å². The van der Waals surface area contributed by atoms with Crippen molar-refractivity contribution in [3.05, 3.63) is 105 Å². The number of hydrogen-bond donors (Lipinski definition) is 1. The number of carbonyl (C=O) groups excluding carboxylic acids is 2. The maximum Gasteiger partial charge on any atom is 0.407 e. The number of nitrogens with zero attached hydrogens (tertiary/aromatic N) is 1. The van der Waals surface area contributed by atoms with Gasteiger partial charge in [0.25, 0.3) is 5.69 Å². The maximum absolute atomic E-state index is 12.2. The number of rotatable bonds is 8. The number of nitro benzene ring substituents is 1. The smallest absolute Gasteiger partial charge is 0.407 e. The second-order valence-electron chi connectivity index (χ2n) is 7.64. The highest BCUT2D eigenvalue weighted by Gasteiger charge is 2.28. The Labute approximate surface area is 190 Å². The van der Waals surface area contributed by atoms with Crippen LogP contribution in [0.1, 0.15) is 39.4 Å². The van der Waals surface area contributed by atoms with Gasteiger partial charge in [0.2, 0.25) is 0 Å². The first-order valence-electron chi connectivity index (χ1n) is 10.6. The molecule has 0 atom stereocenters. The van der Waals surface area contributed by atoms with E-state index >= 15 is 0 Å². The van der Waals surface area contributed by atoms with Gasteiger partial charge in [-0.2, -0.15) is 0 Å². The van der Waals surface area contributed by atoms with Gasteiger partial charge in [-0.25, -0.2) is 4.79 Å². The number of nitrogens with one attached hydrogen (secondary N) is 1. The van der Waals surface area contributed by atoms with Crippen LogP contribution in [0.5, 0.6) is 0 Å². The molecule has 0 fully saturated rings. The van der Waals surface area contributed by atoms with E-state index < -0.39 is 11.0 Å². The van der Waals surface area contributed by atoms with Gasteiger partial charge in [-0.05, 0) is 34.7 Å². The van der Waals surface area contributed by atoms with Crippen LogP contribution >= 0.6 is 0 Å². The Balaban J connectivity index is 1.29. The Hall–Kier alpha value is -4.26. The predicted octanol–water partition coefficient (Wildman–Crippen LogP) is 5.35. The number of carbonyl (C=O) groups is 2. The van der Waals surface area contributed by atoms with Crippen LogP contribution in [0.25, 0.3) is 17.2 Å². The van der Waals surface area contributed by atoms with E-state index in [0.717, 1.165) is 11.1 Å². The predicted molar refractivity (Wildman–Crippen MR) is 125 cm³/mol. The Kier molecular flexibility index (Phi) is 6.59. The fourth-order valence-electron chi connectivity index (χ4n) is 4.05. The number of fused-ring (bicyclic) bond motifs is 3. The van der Waals surface area contributed by atoms with Gasteiger partial charge in [0, 0.05) is 24.1 Å². The van der Waals surface area contributed by atoms with Gasteiger partial charge < -0.3 is 10.1 Å². The van der Waals surface area contributed by atoms with Crippen LogP contribution in [0.15, 0.2) is 72.8 Å². The molecule has 33 heavy (non-hydrogen) atoms. The van der Waals surface area contributed by atoms with Crippen molar-refractivity contribution in [2.75, 3.05) is 13.2 Å². The number of hydrogen-bond acceptors (Lipinski definition) is 5. The summed E-state index contributed by atoms with van der Waals surface area (Å²) in [5, 5.41) is 13.9. The van der Waals surface area contributed by atoms with Crippen molar-refractivity contribution in [2.45, 2.75) is 12.3 Å². The summed E-state index contributed by atoms with van der Waals surface area (Å²) in [7, 11) is 0. The van der Waals surface area contributed by atoms with Crippen molar-refractivity contribution in [1.29, 1.82) is 0 Å². The minimum absolute atomic E-state index is 0.00191. The van der Waals surface area contributed by atoms with E-state index in [4.69, 9.17) is 4.74 Å². The van der Waals surface area contributed by atoms with Crippen LogP contribution < -0.4 is 5.32 Å². The first kappa shape index (κ1) is 22.0. The second-order valence-corrected chi connectivity index (χ2v) is 7.64. The third-order valence-corrected chi connectivity index (χ3v) is 5.61. The van der Waals surface area contributed by atoms with Gasteiger partial charge in [-0.1, -0.05) is 66.7 Å². The van der Waals surface area contributed by atoms with Crippen molar-refractivity contribution in [3.8, 4) is 11.1 Å². The van der Waals surface area contributed by atoms with Crippen molar-refractivity contribution in [2.24, 2.45) is 0 Å². The molecule has 166 valence electrons. The van der Waals surface area contributed by atoms with Crippen LogP contribution in [0.2, 0.25) is 0 Å². The van der Waals surface area contributed by atoms with Crippen LogP contribution in [0, 0.1) is 10.1 Å². The van der Waals surface area contributed by atoms with E-state index in [9.17, 15) is 19.7 Å². The molecule has 3 aromatic rings. The quantitative estimate of drug-likeness (QED) is 0.219. The molecule has 0 bridgehead atoms. The van der Waals surface area contributed by atoms with E-state index in [1.165, 1.54) is 29.3 Å². The lowest BCUT2D eigenvalue weighted by molar-refractivity contribution is -0.385. The zero-order valence-corrected chi connectivity index (χ0v) is 17.8. The van der Waals surface area contributed by atoms with E-state index in [1.54, 1.807) is 12.2 Å². The number of aldehydes is 1. The SMILES string of the molecule is O=Cc1ccc(C=CCCNC(=O)OCC2c3ccccc3-c3ccccc32)c([N+](=O)[O-])c1. The molecular weight excluding hydrogens is 420 g/mol. The van der Waals surface area contributed by atoms with E-state index in [-0.39, 0.29) is 23.8 Å². The fourth-order valence-corrected chi connectivity index (χ4v) is 4.05. The zero-order valence-electron chi connectivity index (χ0n) is 17.8. The lowest BCUT2D eigenvalue weighted by atomic mass is 9.98. The molecule has 0 heterocycles. The molecule has 0 radical (unpaired) electrons. The Morgan fingerprint density at radius 3 is 2.33 bits per heavy atom. The average molecular weight is 442 g/mol. The summed E-state index contributed by atoms with van der Waals surface area (Å²) < 4.78 is 5.48. The third kappa shape index (κ3) is 4.82. The summed E-state index contributed by atoms with van der Waals surface area (Å²) in [6, 6.07) is 20.6. The molecule has 7 heteroatoms. The molecule has 1 aliphatic carbocycles. The minimum Gasteiger partial charge on any atom is -0.449 e. The molecule has 0 aromatic heterocycles. The average Bonchev–Trinajstić information content (AvgIpc) is 3.16.